The average Bonchev–Trinajstić information content (AvgIpc) is 2.77. The van der Waals surface area contributed by atoms with Crippen molar-refractivity contribution in [1.29, 1.82) is 0 Å². The standard InChI is InChI=1S/C21H25N5O4/c1-24-10-16(9-22)15-8-17(19(23)25-11-15)20(27)26-18(21(28)29-2)13-30-12-14-6-4-3-5-7-14/h3-11,18H,12-13,22H2,1-2H3,(H2,23,25)(H,26,27)/t18-/m0/s1. The Kier molecular flexibility index (Phi) is 8.52. The number of hydrogen-bond acceptors (Lipinski definition) is 8. The minimum absolute atomic E-state index is 0.00915. The molecule has 1 atom stereocenters. The van der Waals surface area contributed by atoms with Gasteiger partial charge < -0.3 is 26.3 Å². The van der Waals surface area contributed by atoms with E-state index in [-0.39, 0.29) is 24.6 Å². The molecule has 0 aliphatic heterocycles. The molecule has 2 aromatic rings. The predicted octanol–water partition coefficient (Wildman–Crippen LogP) is 1.15. The summed E-state index contributed by atoms with van der Waals surface area (Å²) in [4.78, 5) is 32.8. The zero-order valence-electron chi connectivity index (χ0n) is 16.9. The molecular formula is C21H25N5O4. The van der Waals surface area contributed by atoms with Crippen molar-refractivity contribution in [3.05, 3.63) is 65.5 Å². The van der Waals surface area contributed by atoms with Crippen molar-refractivity contribution in [2.24, 2.45) is 10.7 Å². The Labute approximate surface area is 174 Å². The molecule has 0 aliphatic carbocycles. The molecule has 0 bridgehead atoms. The molecule has 5 N–H and O–H groups in total. The molecule has 0 fully saturated rings. The van der Waals surface area contributed by atoms with Gasteiger partial charge in [-0.25, -0.2) is 9.78 Å². The fourth-order valence-electron chi connectivity index (χ4n) is 2.58. The summed E-state index contributed by atoms with van der Waals surface area (Å²) in [7, 11) is 2.83. The lowest BCUT2D eigenvalue weighted by Crippen LogP contribution is -2.45. The van der Waals surface area contributed by atoms with Gasteiger partial charge in [-0.15, -0.1) is 0 Å². The number of nitrogens with zero attached hydrogens (tertiary/aromatic N) is 2. The van der Waals surface area contributed by atoms with Crippen LogP contribution in [-0.4, -0.2) is 49.9 Å². The molecule has 0 unspecified atom stereocenters. The largest absolute Gasteiger partial charge is 0.467 e. The van der Waals surface area contributed by atoms with Crippen molar-refractivity contribution in [2.45, 2.75) is 12.6 Å². The third-order valence-electron chi connectivity index (χ3n) is 4.13. The third-order valence-corrected chi connectivity index (χ3v) is 4.13. The van der Waals surface area contributed by atoms with E-state index in [1.807, 2.05) is 30.3 Å². The molecule has 1 amide bonds. The summed E-state index contributed by atoms with van der Waals surface area (Å²) >= 11 is 0. The summed E-state index contributed by atoms with van der Waals surface area (Å²) in [5, 5.41) is 2.58. The highest BCUT2D eigenvalue weighted by molar-refractivity contribution is 6.10. The van der Waals surface area contributed by atoms with E-state index >= 15 is 0 Å². The Morgan fingerprint density at radius 3 is 2.67 bits per heavy atom. The topological polar surface area (TPSA) is 142 Å². The Bertz CT molecular complexity index is 928. The number of carbonyl (C=O) groups excluding carboxylic acids is 2. The lowest BCUT2D eigenvalue weighted by atomic mass is 10.1. The maximum atomic E-state index is 12.8. The molecule has 0 saturated carbocycles. The molecule has 9 nitrogen and oxygen atoms in total. The lowest BCUT2D eigenvalue weighted by Gasteiger charge is -2.17. The molecule has 0 radical (unpaired) electrons. The van der Waals surface area contributed by atoms with Gasteiger partial charge in [-0.3, -0.25) is 9.79 Å². The number of aromatic nitrogens is 1. The molecular weight excluding hydrogens is 386 g/mol. The maximum absolute atomic E-state index is 12.8. The number of pyridine rings is 1. The lowest BCUT2D eigenvalue weighted by molar-refractivity contribution is -0.144. The quantitative estimate of drug-likeness (QED) is 0.415. The number of aliphatic imine (C=N–C) groups is 1. The second-order valence-electron chi connectivity index (χ2n) is 6.22. The van der Waals surface area contributed by atoms with Crippen LogP contribution in [0.3, 0.4) is 0 Å². The Hall–Kier alpha value is -3.72. The van der Waals surface area contributed by atoms with E-state index in [2.05, 4.69) is 15.3 Å². The molecule has 2 rings (SSSR count). The number of allylic oxidation sites excluding steroid dienone is 1. The number of nitrogens with two attached hydrogens (primary N) is 2. The van der Waals surface area contributed by atoms with E-state index < -0.39 is 17.9 Å². The first kappa shape index (κ1) is 22.6. The van der Waals surface area contributed by atoms with Gasteiger partial charge in [0.05, 0.1) is 25.9 Å². The van der Waals surface area contributed by atoms with Crippen LogP contribution < -0.4 is 16.8 Å². The van der Waals surface area contributed by atoms with E-state index in [4.69, 9.17) is 20.9 Å². The van der Waals surface area contributed by atoms with E-state index in [0.29, 0.717) is 11.1 Å². The van der Waals surface area contributed by atoms with Crippen LogP contribution >= 0.6 is 0 Å². The molecule has 0 aliphatic rings. The van der Waals surface area contributed by atoms with E-state index in [1.54, 1.807) is 7.05 Å². The number of benzene rings is 1. The van der Waals surface area contributed by atoms with Gasteiger partial charge in [-0.05, 0) is 11.6 Å². The summed E-state index contributed by atoms with van der Waals surface area (Å²) in [5.41, 5.74) is 13.6. The maximum Gasteiger partial charge on any atom is 0.330 e. The monoisotopic (exact) mass is 411 g/mol. The highest BCUT2D eigenvalue weighted by Gasteiger charge is 2.24. The van der Waals surface area contributed by atoms with Crippen LogP contribution in [0.4, 0.5) is 5.82 Å². The van der Waals surface area contributed by atoms with Crippen molar-refractivity contribution in [3.63, 3.8) is 0 Å². The molecule has 1 heterocycles. The smallest absolute Gasteiger partial charge is 0.330 e. The fraction of sp³-hybridized carbons (Fsp3) is 0.238. The second kappa shape index (κ2) is 11.3. The molecule has 1 aromatic heterocycles. The van der Waals surface area contributed by atoms with Gasteiger partial charge in [-0.1, -0.05) is 30.3 Å². The molecule has 158 valence electrons. The predicted molar refractivity (Wildman–Crippen MR) is 115 cm³/mol. The van der Waals surface area contributed by atoms with Gasteiger partial charge >= 0.3 is 5.97 Å². The first-order valence-corrected chi connectivity index (χ1v) is 9.10. The zero-order chi connectivity index (χ0) is 21.9. The van der Waals surface area contributed by atoms with Crippen LogP contribution in [-0.2, 0) is 20.9 Å². The molecule has 9 heteroatoms. The first-order valence-electron chi connectivity index (χ1n) is 9.10. The number of anilines is 1. The fourth-order valence-corrected chi connectivity index (χ4v) is 2.58. The van der Waals surface area contributed by atoms with Gasteiger partial charge in [0.15, 0.2) is 6.04 Å². The van der Waals surface area contributed by atoms with Gasteiger partial charge in [0.1, 0.15) is 5.82 Å². The molecule has 30 heavy (non-hydrogen) atoms. The van der Waals surface area contributed by atoms with Gasteiger partial charge in [-0.2, -0.15) is 0 Å². The number of amides is 1. The highest BCUT2D eigenvalue weighted by Crippen LogP contribution is 2.17. The van der Waals surface area contributed by atoms with E-state index in [0.717, 1.165) is 5.56 Å². The first-order chi connectivity index (χ1) is 14.5. The molecule has 0 spiro atoms. The second-order valence-corrected chi connectivity index (χ2v) is 6.22. The highest BCUT2D eigenvalue weighted by atomic mass is 16.5. The minimum Gasteiger partial charge on any atom is -0.467 e. The number of carbonyl (C=O) groups is 2. The summed E-state index contributed by atoms with van der Waals surface area (Å²) in [6.07, 6.45) is 4.35. The van der Waals surface area contributed by atoms with Crippen molar-refractivity contribution in [1.82, 2.24) is 10.3 Å². The van der Waals surface area contributed by atoms with Crippen molar-refractivity contribution < 1.29 is 19.1 Å². The van der Waals surface area contributed by atoms with Crippen molar-refractivity contribution in [2.75, 3.05) is 26.5 Å². The molecule has 1 aromatic carbocycles. The molecule has 0 saturated heterocycles. The van der Waals surface area contributed by atoms with Crippen LogP contribution in [0.1, 0.15) is 21.5 Å². The number of hydrogen-bond donors (Lipinski definition) is 3. The Morgan fingerprint density at radius 2 is 2.03 bits per heavy atom. The minimum atomic E-state index is -1.02. The van der Waals surface area contributed by atoms with Crippen LogP contribution in [0, 0.1) is 0 Å². The number of esters is 1. The number of methoxy groups -OCH3 is 1. The van der Waals surface area contributed by atoms with Gasteiger partial charge in [0.2, 0.25) is 0 Å². The Morgan fingerprint density at radius 1 is 1.30 bits per heavy atom. The zero-order valence-corrected chi connectivity index (χ0v) is 16.9. The SMILES string of the molecule is CN=CC(=CN)c1cnc(N)c(C(=O)N[C@@H](COCc2ccccc2)C(=O)OC)c1. The van der Waals surface area contributed by atoms with Crippen LogP contribution in [0.2, 0.25) is 0 Å². The van der Waals surface area contributed by atoms with Crippen LogP contribution in [0.25, 0.3) is 5.57 Å². The van der Waals surface area contributed by atoms with Gasteiger partial charge in [0.25, 0.3) is 5.91 Å². The van der Waals surface area contributed by atoms with E-state index in [9.17, 15) is 9.59 Å². The van der Waals surface area contributed by atoms with Crippen LogP contribution in [0.15, 0.2) is 53.8 Å². The Balaban J connectivity index is 2.13. The number of ether oxygens (including phenoxy) is 2. The normalized spacial score (nSPS) is 12.5. The summed E-state index contributed by atoms with van der Waals surface area (Å²) in [5.74, 6) is -1.22. The number of nitrogen functional groups attached to an aromatic ring is 1. The van der Waals surface area contributed by atoms with Gasteiger partial charge in [0, 0.05) is 36.8 Å². The summed E-state index contributed by atoms with van der Waals surface area (Å²) < 4.78 is 10.3. The van der Waals surface area contributed by atoms with Crippen LogP contribution in [0.5, 0.6) is 0 Å². The van der Waals surface area contributed by atoms with Crippen molar-refractivity contribution >= 4 is 29.5 Å². The summed E-state index contributed by atoms with van der Waals surface area (Å²) in [6.45, 7) is 0.209. The number of rotatable bonds is 9. The average molecular weight is 411 g/mol. The summed E-state index contributed by atoms with van der Waals surface area (Å²) in [6, 6.07) is 9.96. The third kappa shape index (κ3) is 6.14. The number of nitrogens with one attached hydrogen (secondary N) is 1. The van der Waals surface area contributed by atoms with E-state index in [1.165, 1.54) is 31.8 Å². The van der Waals surface area contributed by atoms with Crippen molar-refractivity contribution in [3.8, 4) is 0 Å².